The van der Waals surface area contributed by atoms with Gasteiger partial charge in [-0.15, -0.1) is 0 Å². The van der Waals surface area contributed by atoms with Crippen molar-refractivity contribution in [3.8, 4) is 0 Å². The fourth-order valence-electron chi connectivity index (χ4n) is 0.482. The number of hydrogen-bond donors (Lipinski definition) is 4. The molecule has 0 spiro atoms. The third kappa shape index (κ3) is 14.2. The van der Waals surface area contributed by atoms with Crippen LogP contribution in [0.1, 0.15) is 19.8 Å². The number of aliphatic hydroxyl groups excluding tert-OH is 2. The number of carboxylic acid groups (broad SMARTS) is 1. The van der Waals surface area contributed by atoms with Crippen molar-refractivity contribution in [3.05, 3.63) is 0 Å². The SMILES string of the molecule is CCCC(=O)O.OCC(CO)OCS. The number of carboxylic acids is 1. The molecule has 0 bridgehead atoms. The zero-order valence-corrected chi connectivity index (χ0v) is 9.11. The Morgan fingerprint density at radius 2 is 1.93 bits per heavy atom. The molecule has 0 unspecified atom stereocenters. The van der Waals surface area contributed by atoms with E-state index in [1.807, 2.05) is 6.92 Å². The predicted molar refractivity (Wildman–Crippen MR) is 55.4 cm³/mol. The van der Waals surface area contributed by atoms with E-state index in [1.165, 1.54) is 0 Å². The largest absolute Gasteiger partial charge is 0.481 e. The van der Waals surface area contributed by atoms with Gasteiger partial charge in [0.25, 0.3) is 0 Å². The van der Waals surface area contributed by atoms with Gasteiger partial charge in [-0.2, -0.15) is 12.6 Å². The molecule has 0 atom stereocenters. The normalized spacial score (nSPS) is 9.50. The van der Waals surface area contributed by atoms with Crippen molar-refractivity contribution >= 4 is 18.6 Å². The first kappa shape index (κ1) is 16.1. The van der Waals surface area contributed by atoms with Gasteiger partial charge >= 0.3 is 5.97 Å². The Hall–Kier alpha value is -0.300. The predicted octanol–water partition coefficient (Wildman–Crippen LogP) is 0.115. The first-order valence-electron chi connectivity index (χ1n) is 4.28. The second-order valence-corrected chi connectivity index (χ2v) is 2.68. The zero-order chi connectivity index (χ0) is 11.4. The van der Waals surface area contributed by atoms with E-state index in [1.54, 1.807) is 0 Å². The number of ether oxygens (including phenoxy) is 1. The van der Waals surface area contributed by atoms with Crippen LogP contribution in [-0.4, -0.2) is 46.5 Å². The van der Waals surface area contributed by atoms with Gasteiger partial charge in [-0.3, -0.25) is 4.79 Å². The standard InChI is InChI=1S/C4H10O3S.C4H8O2/c5-1-4(2-6)7-3-8;1-2-3-4(5)6/h4-6,8H,1-3H2;2-3H2,1H3,(H,5,6). The highest BCUT2D eigenvalue weighted by atomic mass is 32.1. The highest BCUT2D eigenvalue weighted by molar-refractivity contribution is 7.80. The Labute approximate surface area is 89.1 Å². The van der Waals surface area contributed by atoms with Gasteiger partial charge in [0.05, 0.1) is 19.2 Å². The molecular formula is C8H18O5S. The van der Waals surface area contributed by atoms with E-state index in [4.69, 9.17) is 20.1 Å². The molecule has 0 radical (unpaired) electrons. The summed E-state index contributed by atoms with van der Waals surface area (Å²) in [6.07, 6.45) is 0.558. The van der Waals surface area contributed by atoms with Crippen molar-refractivity contribution in [2.75, 3.05) is 19.2 Å². The van der Waals surface area contributed by atoms with Crippen LogP contribution in [0.25, 0.3) is 0 Å². The average Bonchev–Trinajstić information content (AvgIpc) is 2.15. The Kier molecular flexibility index (Phi) is 14.6. The Balaban J connectivity index is 0. The molecule has 0 heterocycles. The number of aliphatic hydroxyl groups is 2. The highest BCUT2D eigenvalue weighted by Crippen LogP contribution is 1.89. The molecule has 0 aliphatic carbocycles. The second-order valence-electron chi connectivity index (χ2n) is 2.43. The molecule has 0 aromatic rings. The van der Waals surface area contributed by atoms with Crippen LogP contribution in [0.15, 0.2) is 0 Å². The van der Waals surface area contributed by atoms with Crippen LogP contribution in [-0.2, 0) is 9.53 Å². The summed E-state index contributed by atoms with van der Waals surface area (Å²) in [6.45, 7) is 1.53. The van der Waals surface area contributed by atoms with Gasteiger partial charge in [-0.1, -0.05) is 6.92 Å². The van der Waals surface area contributed by atoms with E-state index < -0.39 is 12.1 Å². The quantitative estimate of drug-likeness (QED) is 0.381. The van der Waals surface area contributed by atoms with Crippen LogP contribution < -0.4 is 0 Å². The average molecular weight is 226 g/mol. The lowest BCUT2D eigenvalue weighted by atomic mass is 10.4. The number of rotatable bonds is 6. The van der Waals surface area contributed by atoms with E-state index in [0.717, 1.165) is 6.42 Å². The van der Waals surface area contributed by atoms with Gasteiger partial charge in [-0.25, -0.2) is 0 Å². The molecule has 0 saturated carbocycles. The Bertz CT molecular complexity index is 127. The summed E-state index contributed by atoms with van der Waals surface area (Å²) in [4.78, 5) is 9.60. The van der Waals surface area contributed by atoms with Gasteiger partial charge in [0.1, 0.15) is 6.10 Å². The molecule has 5 nitrogen and oxygen atoms in total. The van der Waals surface area contributed by atoms with Gasteiger partial charge in [0, 0.05) is 6.42 Å². The van der Waals surface area contributed by atoms with E-state index in [0.29, 0.717) is 6.42 Å². The molecule has 0 aliphatic rings. The third-order valence-electron chi connectivity index (χ3n) is 1.18. The summed E-state index contributed by atoms with van der Waals surface area (Å²) in [5.74, 6) is -0.483. The van der Waals surface area contributed by atoms with Crippen molar-refractivity contribution in [3.63, 3.8) is 0 Å². The minimum atomic E-state index is -0.711. The summed E-state index contributed by atoms with van der Waals surface area (Å²) in [5, 5.41) is 24.6. The number of carbonyl (C=O) groups is 1. The maximum absolute atomic E-state index is 9.60. The molecule has 6 heteroatoms. The molecule has 3 N–H and O–H groups in total. The van der Waals surface area contributed by atoms with Crippen LogP contribution >= 0.6 is 12.6 Å². The van der Waals surface area contributed by atoms with Crippen molar-refractivity contribution in [2.45, 2.75) is 25.9 Å². The lowest BCUT2D eigenvalue weighted by Crippen LogP contribution is -2.21. The third-order valence-corrected chi connectivity index (χ3v) is 1.33. The molecule has 14 heavy (non-hydrogen) atoms. The summed E-state index contributed by atoms with van der Waals surface area (Å²) in [5.41, 5.74) is 0. The fraction of sp³-hybridized carbons (Fsp3) is 0.875. The second kappa shape index (κ2) is 12.7. The highest BCUT2D eigenvalue weighted by Gasteiger charge is 2.01. The van der Waals surface area contributed by atoms with E-state index in [-0.39, 0.29) is 19.2 Å². The Morgan fingerprint density at radius 1 is 1.43 bits per heavy atom. The molecule has 0 rings (SSSR count). The van der Waals surface area contributed by atoms with Gasteiger partial charge in [-0.05, 0) is 6.42 Å². The maximum Gasteiger partial charge on any atom is 0.303 e. The maximum atomic E-state index is 9.60. The minimum absolute atomic E-state index is 0.156. The molecule has 0 fully saturated rings. The van der Waals surface area contributed by atoms with Gasteiger partial charge in [0.2, 0.25) is 0 Å². The van der Waals surface area contributed by atoms with E-state index in [2.05, 4.69) is 12.6 Å². The lowest BCUT2D eigenvalue weighted by molar-refractivity contribution is -0.137. The van der Waals surface area contributed by atoms with Crippen molar-refractivity contribution in [2.24, 2.45) is 0 Å². The molecule has 86 valence electrons. The molecular weight excluding hydrogens is 208 g/mol. The monoisotopic (exact) mass is 226 g/mol. The van der Waals surface area contributed by atoms with Crippen molar-refractivity contribution in [1.82, 2.24) is 0 Å². The smallest absolute Gasteiger partial charge is 0.303 e. The number of hydrogen-bond acceptors (Lipinski definition) is 5. The molecule has 0 saturated heterocycles. The zero-order valence-electron chi connectivity index (χ0n) is 8.22. The minimum Gasteiger partial charge on any atom is -0.481 e. The molecule has 0 aliphatic heterocycles. The van der Waals surface area contributed by atoms with E-state index in [9.17, 15) is 4.79 Å². The molecule has 0 amide bonds. The van der Waals surface area contributed by atoms with Crippen LogP contribution in [0.3, 0.4) is 0 Å². The van der Waals surface area contributed by atoms with Crippen LogP contribution in [0, 0.1) is 0 Å². The van der Waals surface area contributed by atoms with E-state index >= 15 is 0 Å². The topological polar surface area (TPSA) is 87.0 Å². The first-order valence-corrected chi connectivity index (χ1v) is 4.91. The van der Waals surface area contributed by atoms with Crippen molar-refractivity contribution < 1.29 is 24.9 Å². The van der Waals surface area contributed by atoms with Crippen molar-refractivity contribution in [1.29, 1.82) is 0 Å². The number of thiol groups is 1. The summed E-state index contributed by atoms with van der Waals surface area (Å²) >= 11 is 3.72. The lowest BCUT2D eigenvalue weighted by Gasteiger charge is -2.08. The first-order chi connectivity index (χ1) is 6.62. The Morgan fingerprint density at radius 3 is 2.00 bits per heavy atom. The summed E-state index contributed by atoms with van der Waals surface area (Å²) < 4.78 is 4.70. The fourth-order valence-corrected chi connectivity index (χ4v) is 0.693. The van der Waals surface area contributed by atoms with Crippen LogP contribution in [0.5, 0.6) is 0 Å². The summed E-state index contributed by atoms with van der Waals surface area (Å²) in [6, 6.07) is 0. The van der Waals surface area contributed by atoms with Gasteiger partial charge in [0.15, 0.2) is 0 Å². The van der Waals surface area contributed by atoms with Gasteiger partial charge < -0.3 is 20.1 Å². The summed E-state index contributed by atoms with van der Waals surface area (Å²) in [7, 11) is 0. The van der Waals surface area contributed by atoms with Crippen LogP contribution in [0.2, 0.25) is 0 Å². The molecule has 0 aromatic heterocycles. The number of aliphatic carboxylic acids is 1. The molecule has 0 aromatic carbocycles. The van der Waals surface area contributed by atoms with Crippen LogP contribution in [0.4, 0.5) is 0 Å².